The van der Waals surface area contributed by atoms with Gasteiger partial charge in [-0.15, -0.1) is 0 Å². The minimum atomic E-state index is -2.94. The number of alkyl halides is 2. The molecule has 1 aliphatic rings. The van der Waals surface area contributed by atoms with Gasteiger partial charge in [0.25, 0.3) is 0 Å². The molecule has 0 bridgehead atoms. The highest BCUT2D eigenvalue weighted by molar-refractivity contribution is 5.95. The van der Waals surface area contributed by atoms with E-state index in [-0.39, 0.29) is 42.4 Å². The molecular formula is C26H33F2N3O4. The SMILES string of the molecule is CCOc1cc(CN(CC(=O)N(C)CC(=O)Nc2c(C)cccc2C)C2CC2)ccc1OC(F)F. The fourth-order valence-electron chi connectivity index (χ4n) is 3.89. The lowest BCUT2D eigenvalue weighted by atomic mass is 10.1. The average Bonchev–Trinajstić information content (AvgIpc) is 3.63. The molecule has 0 unspecified atom stereocenters. The van der Waals surface area contributed by atoms with Gasteiger partial charge in [0.05, 0.1) is 19.7 Å². The fraction of sp³-hybridized carbons (Fsp3) is 0.462. The van der Waals surface area contributed by atoms with E-state index in [0.717, 1.165) is 35.2 Å². The van der Waals surface area contributed by atoms with Crippen LogP contribution in [0.25, 0.3) is 0 Å². The lowest BCUT2D eigenvalue weighted by molar-refractivity contribution is -0.134. The topological polar surface area (TPSA) is 71.1 Å². The van der Waals surface area contributed by atoms with Crippen LogP contribution < -0.4 is 14.8 Å². The zero-order chi connectivity index (χ0) is 25.5. The van der Waals surface area contributed by atoms with Crippen molar-refractivity contribution >= 4 is 17.5 Å². The molecule has 1 saturated carbocycles. The first-order valence-corrected chi connectivity index (χ1v) is 11.7. The summed E-state index contributed by atoms with van der Waals surface area (Å²) in [6.45, 7) is 3.53. The van der Waals surface area contributed by atoms with Crippen LogP contribution in [0.3, 0.4) is 0 Å². The van der Waals surface area contributed by atoms with Gasteiger partial charge in [0, 0.05) is 25.3 Å². The third kappa shape index (κ3) is 7.65. The summed E-state index contributed by atoms with van der Waals surface area (Å²) in [5, 5.41) is 2.90. The Kier molecular flexibility index (Phi) is 9.03. The number of anilines is 1. The van der Waals surface area contributed by atoms with Crippen molar-refractivity contribution in [2.24, 2.45) is 0 Å². The number of para-hydroxylation sites is 1. The summed E-state index contributed by atoms with van der Waals surface area (Å²) in [5.41, 5.74) is 3.51. The molecule has 1 fully saturated rings. The Balaban J connectivity index is 1.61. The van der Waals surface area contributed by atoms with Gasteiger partial charge in [0.1, 0.15) is 0 Å². The molecule has 0 saturated heterocycles. The van der Waals surface area contributed by atoms with Crippen molar-refractivity contribution in [1.82, 2.24) is 9.80 Å². The third-order valence-corrected chi connectivity index (χ3v) is 5.86. The van der Waals surface area contributed by atoms with Crippen molar-refractivity contribution in [2.45, 2.75) is 52.8 Å². The van der Waals surface area contributed by atoms with E-state index >= 15 is 0 Å². The average molecular weight is 490 g/mol. The highest BCUT2D eigenvalue weighted by atomic mass is 19.3. The molecule has 35 heavy (non-hydrogen) atoms. The molecule has 0 atom stereocenters. The molecule has 3 rings (SSSR count). The Hall–Kier alpha value is -3.20. The maximum absolute atomic E-state index is 12.9. The Morgan fingerprint density at radius 3 is 2.37 bits per heavy atom. The number of carbonyl (C=O) groups excluding carboxylic acids is 2. The third-order valence-electron chi connectivity index (χ3n) is 5.86. The summed E-state index contributed by atoms with van der Waals surface area (Å²) in [5.74, 6) is -0.203. The Bertz CT molecular complexity index is 1020. The maximum atomic E-state index is 12.9. The zero-order valence-electron chi connectivity index (χ0n) is 20.6. The molecular weight excluding hydrogens is 456 g/mol. The van der Waals surface area contributed by atoms with E-state index in [0.29, 0.717) is 13.2 Å². The predicted molar refractivity (Wildman–Crippen MR) is 130 cm³/mol. The number of nitrogens with zero attached hydrogens (tertiary/aromatic N) is 2. The van der Waals surface area contributed by atoms with Crippen LogP contribution in [0.1, 0.15) is 36.5 Å². The van der Waals surface area contributed by atoms with Crippen LogP contribution in [0.4, 0.5) is 14.5 Å². The number of hydrogen-bond donors (Lipinski definition) is 1. The second-order valence-electron chi connectivity index (χ2n) is 8.79. The number of likely N-dealkylation sites (N-methyl/N-ethyl adjacent to an activating group) is 1. The smallest absolute Gasteiger partial charge is 0.387 e. The quantitative estimate of drug-likeness (QED) is 0.480. The van der Waals surface area contributed by atoms with Crippen LogP contribution in [-0.4, -0.2) is 61.0 Å². The van der Waals surface area contributed by atoms with Crippen molar-refractivity contribution in [1.29, 1.82) is 0 Å². The van der Waals surface area contributed by atoms with Gasteiger partial charge in [-0.2, -0.15) is 8.78 Å². The molecule has 1 N–H and O–H groups in total. The van der Waals surface area contributed by atoms with E-state index in [1.807, 2.05) is 36.9 Å². The van der Waals surface area contributed by atoms with Crippen LogP contribution >= 0.6 is 0 Å². The molecule has 2 aromatic rings. The first-order valence-electron chi connectivity index (χ1n) is 11.7. The number of ether oxygens (including phenoxy) is 2. The van der Waals surface area contributed by atoms with Gasteiger partial charge in [-0.25, -0.2) is 0 Å². The summed E-state index contributed by atoms with van der Waals surface area (Å²) < 4.78 is 35.4. The van der Waals surface area contributed by atoms with Crippen LogP contribution in [-0.2, 0) is 16.1 Å². The van der Waals surface area contributed by atoms with E-state index in [2.05, 4.69) is 10.1 Å². The number of benzene rings is 2. The van der Waals surface area contributed by atoms with Crippen LogP contribution in [0.5, 0.6) is 11.5 Å². The van der Waals surface area contributed by atoms with Gasteiger partial charge >= 0.3 is 6.61 Å². The predicted octanol–water partition coefficient (Wildman–Crippen LogP) is 4.37. The number of aryl methyl sites for hydroxylation is 2. The zero-order valence-corrected chi connectivity index (χ0v) is 20.6. The van der Waals surface area contributed by atoms with Gasteiger partial charge in [-0.1, -0.05) is 24.3 Å². The van der Waals surface area contributed by atoms with E-state index < -0.39 is 6.61 Å². The number of carbonyl (C=O) groups is 2. The van der Waals surface area contributed by atoms with Crippen molar-refractivity contribution < 1.29 is 27.8 Å². The van der Waals surface area contributed by atoms with Crippen molar-refractivity contribution in [3.63, 3.8) is 0 Å². The van der Waals surface area contributed by atoms with Crippen LogP contribution in [0, 0.1) is 13.8 Å². The summed E-state index contributed by atoms with van der Waals surface area (Å²) in [4.78, 5) is 28.9. The summed E-state index contributed by atoms with van der Waals surface area (Å²) in [7, 11) is 1.61. The summed E-state index contributed by atoms with van der Waals surface area (Å²) >= 11 is 0. The summed E-state index contributed by atoms with van der Waals surface area (Å²) in [6.07, 6.45) is 1.96. The van der Waals surface area contributed by atoms with E-state index in [1.165, 1.54) is 11.0 Å². The molecule has 0 heterocycles. The molecule has 0 radical (unpaired) electrons. The van der Waals surface area contributed by atoms with Crippen molar-refractivity contribution in [3.8, 4) is 11.5 Å². The number of amides is 2. The maximum Gasteiger partial charge on any atom is 0.387 e. The minimum absolute atomic E-state index is 0.0192. The Morgan fingerprint density at radius 1 is 1.09 bits per heavy atom. The molecule has 190 valence electrons. The van der Waals surface area contributed by atoms with E-state index in [4.69, 9.17) is 4.74 Å². The van der Waals surface area contributed by atoms with Crippen LogP contribution in [0.15, 0.2) is 36.4 Å². The molecule has 0 aromatic heterocycles. The van der Waals surface area contributed by atoms with Crippen LogP contribution in [0.2, 0.25) is 0 Å². The first kappa shape index (κ1) is 26.4. The van der Waals surface area contributed by atoms with Gasteiger partial charge in [-0.3, -0.25) is 14.5 Å². The van der Waals surface area contributed by atoms with Crippen molar-refractivity contribution in [3.05, 3.63) is 53.1 Å². The monoisotopic (exact) mass is 489 g/mol. The van der Waals surface area contributed by atoms with E-state index in [9.17, 15) is 18.4 Å². The highest BCUT2D eigenvalue weighted by Gasteiger charge is 2.31. The largest absolute Gasteiger partial charge is 0.490 e. The molecule has 2 amide bonds. The molecule has 0 spiro atoms. The molecule has 1 aliphatic carbocycles. The summed E-state index contributed by atoms with van der Waals surface area (Å²) in [6, 6.07) is 10.9. The standard InChI is InChI=1S/C26H33F2N3O4/c1-5-34-22-13-19(9-12-21(22)35-26(27)28)14-31(20-10-11-20)16-24(33)30(4)15-23(32)29-25-17(2)7-6-8-18(25)3/h6-9,12-13,20,26H,5,10-11,14-16H2,1-4H3,(H,29,32). The minimum Gasteiger partial charge on any atom is -0.490 e. The number of rotatable bonds is 12. The number of nitrogens with one attached hydrogen (secondary N) is 1. The van der Waals surface area contributed by atoms with Gasteiger partial charge < -0.3 is 19.7 Å². The second kappa shape index (κ2) is 12.0. The Morgan fingerprint density at radius 2 is 1.77 bits per heavy atom. The lowest BCUT2D eigenvalue weighted by Gasteiger charge is -2.25. The second-order valence-corrected chi connectivity index (χ2v) is 8.79. The molecule has 2 aromatic carbocycles. The molecule has 7 nitrogen and oxygen atoms in total. The Labute approximate surface area is 205 Å². The van der Waals surface area contributed by atoms with Gasteiger partial charge in [-0.05, 0) is 62.4 Å². The number of hydrogen-bond acceptors (Lipinski definition) is 5. The van der Waals surface area contributed by atoms with Crippen molar-refractivity contribution in [2.75, 3.05) is 32.1 Å². The first-order chi connectivity index (χ1) is 16.7. The highest BCUT2D eigenvalue weighted by Crippen LogP contribution is 2.33. The van der Waals surface area contributed by atoms with Gasteiger partial charge in [0.15, 0.2) is 11.5 Å². The normalized spacial score (nSPS) is 13.1. The van der Waals surface area contributed by atoms with E-state index in [1.54, 1.807) is 26.1 Å². The fourth-order valence-corrected chi connectivity index (χ4v) is 3.89. The molecule has 9 heteroatoms. The lowest BCUT2D eigenvalue weighted by Crippen LogP contribution is -2.42. The molecule has 0 aliphatic heterocycles. The number of halogens is 2. The van der Waals surface area contributed by atoms with Gasteiger partial charge in [0.2, 0.25) is 11.8 Å².